The number of quaternary nitrogens is 1. The highest BCUT2D eigenvalue weighted by molar-refractivity contribution is 5.77. The smallest absolute Gasteiger partial charge is 0.275 e. The monoisotopic (exact) mass is 291 g/mol. The highest BCUT2D eigenvalue weighted by Crippen LogP contribution is 2.55. The van der Waals surface area contributed by atoms with Crippen molar-refractivity contribution in [1.29, 1.82) is 0 Å². The van der Waals surface area contributed by atoms with Gasteiger partial charge in [-0.3, -0.25) is 4.79 Å². The van der Waals surface area contributed by atoms with E-state index in [2.05, 4.69) is 5.32 Å². The van der Waals surface area contributed by atoms with Crippen LogP contribution in [0.1, 0.15) is 64.2 Å². The third kappa shape index (κ3) is 2.99. The second kappa shape index (κ2) is 5.57. The quantitative estimate of drug-likeness (QED) is 0.812. The predicted octanol–water partition coefficient (Wildman–Crippen LogP) is 1.53. The maximum atomic E-state index is 12.6. The van der Waals surface area contributed by atoms with Crippen LogP contribution in [0.3, 0.4) is 0 Å². The molecule has 5 fully saturated rings. The van der Waals surface area contributed by atoms with E-state index >= 15 is 0 Å². The van der Waals surface area contributed by atoms with Gasteiger partial charge < -0.3 is 10.2 Å². The molecule has 118 valence electrons. The molecular weight excluding hydrogens is 260 g/mol. The number of hydrogen-bond acceptors (Lipinski definition) is 1. The van der Waals surface area contributed by atoms with Crippen LogP contribution in [-0.2, 0) is 4.79 Å². The van der Waals surface area contributed by atoms with Gasteiger partial charge in [0.2, 0.25) is 0 Å². The molecule has 2 N–H and O–H groups in total. The maximum Gasteiger partial charge on any atom is 0.275 e. The minimum Gasteiger partial charge on any atom is -0.346 e. The molecule has 4 aliphatic carbocycles. The lowest BCUT2D eigenvalue weighted by atomic mass is 9.53. The van der Waals surface area contributed by atoms with E-state index in [-0.39, 0.29) is 5.54 Å². The first kappa shape index (κ1) is 14.0. The SMILES string of the molecule is O=C(C[NH+]1CCCCCC1)NC12CC3CC(CC(C3)C1)C2. The molecule has 5 aliphatic rings. The van der Waals surface area contributed by atoms with Crippen LogP contribution in [0.15, 0.2) is 0 Å². The van der Waals surface area contributed by atoms with Crippen molar-refractivity contribution in [3.8, 4) is 0 Å². The van der Waals surface area contributed by atoms with Crippen LogP contribution in [0, 0.1) is 17.8 Å². The number of amides is 1. The molecule has 0 aromatic carbocycles. The van der Waals surface area contributed by atoms with E-state index in [1.807, 2.05) is 0 Å². The predicted molar refractivity (Wildman–Crippen MR) is 83.1 cm³/mol. The highest BCUT2D eigenvalue weighted by atomic mass is 16.2. The van der Waals surface area contributed by atoms with Crippen LogP contribution in [-0.4, -0.2) is 31.1 Å². The Morgan fingerprint density at radius 3 is 1.95 bits per heavy atom. The Morgan fingerprint density at radius 2 is 1.43 bits per heavy atom. The molecule has 0 aromatic heterocycles. The third-order valence-electron chi connectivity index (χ3n) is 6.66. The average Bonchev–Trinajstić information content (AvgIpc) is 2.64. The van der Waals surface area contributed by atoms with Crippen LogP contribution >= 0.6 is 0 Å². The molecule has 5 rings (SSSR count). The summed E-state index contributed by atoms with van der Waals surface area (Å²) in [7, 11) is 0. The first-order chi connectivity index (χ1) is 10.2. The molecule has 0 spiro atoms. The Kier molecular flexibility index (Phi) is 3.72. The molecule has 3 heteroatoms. The second-order valence-electron chi connectivity index (χ2n) is 8.59. The summed E-state index contributed by atoms with van der Waals surface area (Å²) < 4.78 is 0. The Hall–Kier alpha value is -0.570. The lowest BCUT2D eigenvalue weighted by Gasteiger charge is -2.56. The Bertz CT molecular complexity index is 363. The fourth-order valence-corrected chi connectivity index (χ4v) is 6.24. The van der Waals surface area contributed by atoms with Gasteiger partial charge in [-0.25, -0.2) is 0 Å². The fourth-order valence-electron chi connectivity index (χ4n) is 6.24. The zero-order valence-corrected chi connectivity index (χ0v) is 13.3. The second-order valence-corrected chi connectivity index (χ2v) is 8.59. The van der Waals surface area contributed by atoms with Gasteiger partial charge in [-0.15, -0.1) is 0 Å². The van der Waals surface area contributed by atoms with Crippen LogP contribution < -0.4 is 10.2 Å². The Balaban J connectivity index is 1.35. The first-order valence-electron chi connectivity index (χ1n) is 9.35. The van der Waals surface area contributed by atoms with Crippen molar-refractivity contribution in [2.45, 2.75) is 69.7 Å². The van der Waals surface area contributed by atoms with Crippen LogP contribution in [0.4, 0.5) is 0 Å². The van der Waals surface area contributed by atoms with Gasteiger partial charge in [0.25, 0.3) is 5.91 Å². The summed E-state index contributed by atoms with van der Waals surface area (Å²) in [5.41, 5.74) is 0.205. The third-order valence-corrected chi connectivity index (χ3v) is 6.66. The van der Waals surface area contributed by atoms with E-state index in [0.717, 1.165) is 24.3 Å². The minimum absolute atomic E-state index is 0.205. The molecule has 3 nitrogen and oxygen atoms in total. The van der Waals surface area contributed by atoms with Crippen molar-refractivity contribution in [2.75, 3.05) is 19.6 Å². The molecule has 0 radical (unpaired) electrons. The summed E-state index contributed by atoms with van der Waals surface area (Å²) in [4.78, 5) is 14.1. The van der Waals surface area contributed by atoms with Crippen molar-refractivity contribution in [3.63, 3.8) is 0 Å². The normalized spacial score (nSPS) is 42.8. The van der Waals surface area contributed by atoms with Gasteiger partial charge in [0.05, 0.1) is 13.1 Å². The highest BCUT2D eigenvalue weighted by Gasteiger charge is 2.51. The van der Waals surface area contributed by atoms with Gasteiger partial charge in [0.15, 0.2) is 6.54 Å². The molecule has 4 saturated carbocycles. The standard InChI is InChI=1S/C18H30N2O/c21-17(13-20-5-3-1-2-4-6-20)19-18-10-14-7-15(11-18)9-16(8-14)12-18/h14-16H,1-13H2,(H,19,21)/p+1. The van der Waals surface area contributed by atoms with E-state index in [9.17, 15) is 4.79 Å². The molecule has 4 bridgehead atoms. The zero-order valence-electron chi connectivity index (χ0n) is 13.3. The Labute approximate surface area is 128 Å². The number of nitrogens with one attached hydrogen (secondary N) is 2. The van der Waals surface area contributed by atoms with Crippen molar-refractivity contribution >= 4 is 5.91 Å². The fraction of sp³-hybridized carbons (Fsp3) is 0.944. The molecule has 0 unspecified atom stereocenters. The van der Waals surface area contributed by atoms with E-state index < -0.39 is 0 Å². The number of carbonyl (C=O) groups excluding carboxylic acids is 1. The molecule has 0 aromatic rings. The van der Waals surface area contributed by atoms with E-state index in [1.165, 1.54) is 82.2 Å². The summed E-state index contributed by atoms with van der Waals surface area (Å²) in [6, 6.07) is 0. The van der Waals surface area contributed by atoms with Crippen LogP contribution in [0.5, 0.6) is 0 Å². The van der Waals surface area contributed by atoms with E-state index in [4.69, 9.17) is 0 Å². The molecule has 21 heavy (non-hydrogen) atoms. The van der Waals surface area contributed by atoms with Crippen LogP contribution in [0.25, 0.3) is 0 Å². The lowest BCUT2D eigenvalue weighted by Crippen LogP contribution is -3.13. The maximum absolute atomic E-state index is 12.6. The molecule has 1 aliphatic heterocycles. The van der Waals surface area contributed by atoms with Crippen LogP contribution in [0.2, 0.25) is 0 Å². The number of hydrogen-bond donors (Lipinski definition) is 2. The van der Waals surface area contributed by atoms with Gasteiger partial charge >= 0.3 is 0 Å². The van der Waals surface area contributed by atoms with Crippen molar-refractivity contribution in [3.05, 3.63) is 0 Å². The summed E-state index contributed by atoms with van der Waals surface area (Å²) in [6.07, 6.45) is 13.5. The summed E-state index contributed by atoms with van der Waals surface area (Å²) in [5, 5.41) is 3.53. The lowest BCUT2D eigenvalue weighted by molar-refractivity contribution is -0.891. The van der Waals surface area contributed by atoms with Gasteiger partial charge in [0, 0.05) is 5.54 Å². The molecular formula is C18H31N2O+. The molecule has 0 atom stereocenters. The molecule has 1 amide bonds. The number of likely N-dealkylation sites (tertiary alicyclic amines) is 1. The Morgan fingerprint density at radius 1 is 0.905 bits per heavy atom. The van der Waals surface area contributed by atoms with Gasteiger partial charge in [0.1, 0.15) is 0 Å². The zero-order chi connectivity index (χ0) is 14.3. The number of rotatable bonds is 3. The summed E-state index contributed by atoms with van der Waals surface area (Å²) >= 11 is 0. The molecule has 1 saturated heterocycles. The number of carbonyl (C=O) groups is 1. The summed E-state index contributed by atoms with van der Waals surface area (Å²) in [5.74, 6) is 3.10. The van der Waals surface area contributed by atoms with Gasteiger partial charge in [-0.05, 0) is 82.0 Å². The summed E-state index contributed by atoms with van der Waals surface area (Å²) in [6.45, 7) is 3.13. The van der Waals surface area contributed by atoms with Gasteiger partial charge in [-0.1, -0.05) is 0 Å². The first-order valence-corrected chi connectivity index (χ1v) is 9.35. The minimum atomic E-state index is 0.205. The molecule has 1 heterocycles. The van der Waals surface area contributed by atoms with Crippen molar-refractivity contribution in [2.24, 2.45) is 17.8 Å². The largest absolute Gasteiger partial charge is 0.346 e. The van der Waals surface area contributed by atoms with E-state index in [0.29, 0.717) is 5.91 Å². The van der Waals surface area contributed by atoms with Crippen molar-refractivity contribution < 1.29 is 9.69 Å². The van der Waals surface area contributed by atoms with E-state index in [1.54, 1.807) is 0 Å². The van der Waals surface area contributed by atoms with Crippen molar-refractivity contribution in [1.82, 2.24) is 5.32 Å². The topological polar surface area (TPSA) is 33.5 Å². The van der Waals surface area contributed by atoms with Gasteiger partial charge in [-0.2, -0.15) is 0 Å². The average molecular weight is 291 g/mol.